The zero-order chi connectivity index (χ0) is 13.6. The molecule has 0 spiro atoms. The van der Waals surface area contributed by atoms with E-state index in [2.05, 4.69) is 12.1 Å². The summed E-state index contributed by atoms with van der Waals surface area (Å²) in [6.45, 7) is 0. The third kappa shape index (κ3) is 2.26. The summed E-state index contributed by atoms with van der Waals surface area (Å²) in [7, 11) is -3.07. The summed E-state index contributed by atoms with van der Waals surface area (Å²) in [5.41, 5.74) is 9.72. The molecule has 0 saturated carbocycles. The van der Waals surface area contributed by atoms with Gasteiger partial charge in [-0.2, -0.15) is 0 Å². The second-order valence-corrected chi connectivity index (χ2v) is 7.54. The molecule has 1 atom stereocenters. The van der Waals surface area contributed by atoms with Gasteiger partial charge in [0.15, 0.2) is 0 Å². The molecule has 0 amide bonds. The highest BCUT2D eigenvalue weighted by Crippen LogP contribution is 2.34. The highest BCUT2D eigenvalue weighted by Gasteiger charge is 2.20. The fourth-order valence-corrected chi connectivity index (χ4v) is 3.84. The van der Waals surface area contributed by atoms with Gasteiger partial charge >= 0.3 is 0 Å². The van der Waals surface area contributed by atoms with Crippen molar-refractivity contribution in [1.29, 1.82) is 0 Å². The Bertz CT molecular complexity index is 740. The average Bonchev–Trinajstić information content (AvgIpc) is 2.73. The van der Waals surface area contributed by atoms with Crippen LogP contribution in [0.1, 0.15) is 22.7 Å². The molecule has 4 heteroatoms. The average molecular weight is 275 g/mol. The van der Waals surface area contributed by atoms with Crippen LogP contribution < -0.4 is 5.73 Å². The lowest BCUT2D eigenvalue weighted by atomic mass is 9.96. The molecule has 1 aliphatic rings. The Morgan fingerprint density at radius 2 is 1.84 bits per heavy atom. The van der Waals surface area contributed by atoms with Gasteiger partial charge in [0, 0.05) is 12.3 Å². The Hall–Kier alpha value is -1.39. The van der Waals surface area contributed by atoms with Crippen molar-refractivity contribution in [3.8, 4) is 0 Å². The Labute approximate surface area is 113 Å². The summed E-state index contributed by atoms with van der Waals surface area (Å²) in [6.07, 6.45) is 3.36. The zero-order valence-corrected chi connectivity index (χ0v) is 11.7. The van der Waals surface area contributed by atoms with E-state index in [1.54, 1.807) is 0 Å². The van der Waals surface area contributed by atoms with Gasteiger partial charge in [-0.05, 0) is 40.3 Å². The standard InChI is InChI=1S/C15H17NO2S/c1-19(17,18)9-14(16)12-8-7-11-6-5-10-3-2-4-13(12)15(10)11/h2-4,7-8,14H,5-6,9,16H2,1H3. The van der Waals surface area contributed by atoms with Crippen molar-refractivity contribution < 1.29 is 8.42 Å². The van der Waals surface area contributed by atoms with Crippen molar-refractivity contribution in [2.45, 2.75) is 18.9 Å². The van der Waals surface area contributed by atoms with Crippen LogP contribution in [0.5, 0.6) is 0 Å². The SMILES string of the molecule is CS(=O)(=O)CC(N)c1ccc2c3c(cccc13)CC2. The van der Waals surface area contributed by atoms with E-state index >= 15 is 0 Å². The van der Waals surface area contributed by atoms with Gasteiger partial charge in [-0.1, -0.05) is 30.3 Å². The molecule has 3 nitrogen and oxygen atoms in total. The lowest BCUT2D eigenvalue weighted by Crippen LogP contribution is -2.21. The normalized spacial score (nSPS) is 15.9. The molecule has 0 bridgehead atoms. The number of benzene rings is 2. The van der Waals surface area contributed by atoms with Crippen LogP contribution in [0.4, 0.5) is 0 Å². The van der Waals surface area contributed by atoms with E-state index in [-0.39, 0.29) is 5.75 Å². The van der Waals surface area contributed by atoms with Gasteiger partial charge in [0.2, 0.25) is 0 Å². The monoisotopic (exact) mass is 275 g/mol. The van der Waals surface area contributed by atoms with Crippen LogP contribution in [-0.2, 0) is 22.7 Å². The molecule has 0 radical (unpaired) electrons. The number of aryl methyl sites for hydroxylation is 2. The van der Waals surface area contributed by atoms with Gasteiger partial charge in [0.25, 0.3) is 0 Å². The van der Waals surface area contributed by atoms with Crippen molar-refractivity contribution in [3.05, 3.63) is 47.0 Å². The summed E-state index contributed by atoms with van der Waals surface area (Å²) < 4.78 is 22.8. The molecule has 2 aromatic rings. The predicted molar refractivity (Wildman–Crippen MR) is 78.0 cm³/mol. The molecule has 0 fully saturated rings. The quantitative estimate of drug-likeness (QED) is 0.931. The minimum Gasteiger partial charge on any atom is -0.323 e. The summed E-state index contributed by atoms with van der Waals surface area (Å²) in [4.78, 5) is 0. The molecular formula is C15H17NO2S. The van der Waals surface area contributed by atoms with Crippen LogP contribution in [0, 0.1) is 0 Å². The molecule has 1 unspecified atom stereocenters. The molecule has 0 aliphatic heterocycles. The molecule has 3 rings (SSSR count). The molecule has 2 N–H and O–H groups in total. The fourth-order valence-electron chi connectivity index (χ4n) is 3.01. The molecule has 0 heterocycles. The predicted octanol–water partition coefficient (Wildman–Crippen LogP) is 1.98. The topological polar surface area (TPSA) is 60.2 Å². The van der Waals surface area contributed by atoms with Gasteiger partial charge in [0.1, 0.15) is 9.84 Å². The molecule has 0 saturated heterocycles. The Morgan fingerprint density at radius 1 is 1.16 bits per heavy atom. The first-order valence-corrected chi connectivity index (χ1v) is 8.48. The molecular weight excluding hydrogens is 258 g/mol. The van der Waals surface area contributed by atoms with Crippen LogP contribution >= 0.6 is 0 Å². The second-order valence-electron chi connectivity index (χ2n) is 5.35. The molecule has 0 aromatic heterocycles. The minimum absolute atomic E-state index is 0.00826. The van der Waals surface area contributed by atoms with Gasteiger partial charge in [-0.3, -0.25) is 0 Å². The molecule has 19 heavy (non-hydrogen) atoms. The van der Waals surface area contributed by atoms with Crippen LogP contribution in [0.15, 0.2) is 30.3 Å². The Balaban J connectivity index is 2.16. The summed E-state index contributed by atoms with van der Waals surface area (Å²) in [5.74, 6) is -0.00826. The lowest BCUT2D eigenvalue weighted by Gasteiger charge is -2.15. The lowest BCUT2D eigenvalue weighted by molar-refractivity contribution is 0.595. The maximum atomic E-state index is 11.4. The van der Waals surface area contributed by atoms with Gasteiger partial charge in [-0.25, -0.2) is 8.42 Å². The first kappa shape index (κ1) is 12.6. The van der Waals surface area contributed by atoms with E-state index < -0.39 is 15.9 Å². The van der Waals surface area contributed by atoms with Crippen LogP contribution in [0.2, 0.25) is 0 Å². The smallest absolute Gasteiger partial charge is 0.149 e. The first-order chi connectivity index (χ1) is 8.96. The van der Waals surface area contributed by atoms with Crippen molar-refractivity contribution in [2.75, 3.05) is 12.0 Å². The molecule has 100 valence electrons. The number of rotatable bonds is 3. The fraction of sp³-hybridized carbons (Fsp3) is 0.333. The highest BCUT2D eigenvalue weighted by molar-refractivity contribution is 7.90. The van der Waals surface area contributed by atoms with Crippen LogP contribution in [0.3, 0.4) is 0 Å². The van der Waals surface area contributed by atoms with E-state index in [1.165, 1.54) is 22.8 Å². The molecule has 1 aliphatic carbocycles. The number of nitrogens with two attached hydrogens (primary N) is 1. The van der Waals surface area contributed by atoms with E-state index in [0.29, 0.717) is 0 Å². The van der Waals surface area contributed by atoms with Gasteiger partial charge in [0.05, 0.1) is 5.75 Å². The van der Waals surface area contributed by atoms with Crippen molar-refractivity contribution >= 4 is 20.6 Å². The number of hydrogen-bond acceptors (Lipinski definition) is 3. The Morgan fingerprint density at radius 3 is 2.53 bits per heavy atom. The third-order valence-electron chi connectivity index (χ3n) is 3.79. The van der Waals surface area contributed by atoms with E-state index in [9.17, 15) is 8.42 Å². The summed E-state index contributed by atoms with van der Waals surface area (Å²) >= 11 is 0. The minimum atomic E-state index is -3.07. The van der Waals surface area contributed by atoms with Crippen LogP contribution in [-0.4, -0.2) is 20.4 Å². The Kier molecular flexibility index (Phi) is 2.87. The largest absolute Gasteiger partial charge is 0.323 e. The summed E-state index contributed by atoms with van der Waals surface area (Å²) in [5, 5.41) is 2.40. The van der Waals surface area contributed by atoms with Crippen molar-refractivity contribution in [1.82, 2.24) is 0 Å². The summed E-state index contributed by atoms with van der Waals surface area (Å²) in [6, 6.07) is 9.85. The second kappa shape index (κ2) is 4.32. The van der Waals surface area contributed by atoms with E-state index in [1.807, 2.05) is 18.2 Å². The number of sulfone groups is 1. The van der Waals surface area contributed by atoms with Crippen molar-refractivity contribution in [3.63, 3.8) is 0 Å². The van der Waals surface area contributed by atoms with Crippen LogP contribution in [0.25, 0.3) is 10.8 Å². The number of hydrogen-bond donors (Lipinski definition) is 1. The van der Waals surface area contributed by atoms with E-state index in [0.717, 1.165) is 23.8 Å². The molecule has 2 aromatic carbocycles. The van der Waals surface area contributed by atoms with Crippen molar-refractivity contribution in [2.24, 2.45) is 5.73 Å². The van der Waals surface area contributed by atoms with E-state index in [4.69, 9.17) is 5.73 Å². The maximum absolute atomic E-state index is 11.4. The maximum Gasteiger partial charge on any atom is 0.149 e. The third-order valence-corrected chi connectivity index (χ3v) is 4.76. The van der Waals surface area contributed by atoms with Gasteiger partial charge in [-0.15, -0.1) is 0 Å². The highest BCUT2D eigenvalue weighted by atomic mass is 32.2. The first-order valence-electron chi connectivity index (χ1n) is 6.42. The zero-order valence-electron chi connectivity index (χ0n) is 10.9. The van der Waals surface area contributed by atoms with Gasteiger partial charge < -0.3 is 5.73 Å².